The molecule has 1 aromatic carbocycles. The first kappa shape index (κ1) is 16.8. The van der Waals surface area contributed by atoms with E-state index in [1.807, 2.05) is 20.8 Å². The molecule has 7 heteroatoms. The highest BCUT2D eigenvalue weighted by Crippen LogP contribution is 2.27. The Morgan fingerprint density at radius 3 is 2.38 bits per heavy atom. The van der Waals surface area contributed by atoms with E-state index in [1.54, 1.807) is 18.2 Å². The Morgan fingerprint density at radius 2 is 1.86 bits per heavy atom. The van der Waals surface area contributed by atoms with Crippen molar-refractivity contribution >= 4 is 23.3 Å². The van der Waals surface area contributed by atoms with E-state index < -0.39 is 0 Å². The van der Waals surface area contributed by atoms with Crippen molar-refractivity contribution in [2.45, 2.75) is 20.8 Å². The Labute approximate surface area is 124 Å². The highest BCUT2D eigenvalue weighted by Gasteiger charge is 2.14. The molecule has 0 unspecified atom stereocenters. The van der Waals surface area contributed by atoms with Gasteiger partial charge in [-0.3, -0.25) is 10.2 Å². The zero-order valence-electron chi connectivity index (χ0n) is 12.7. The topological polar surface area (TPSA) is 99.5 Å². The number of urea groups is 1. The fraction of sp³-hybridized carbons (Fsp3) is 0.429. The number of amides is 3. The van der Waals surface area contributed by atoms with Crippen LogP contribution in [0.15, 0.2) is 18.2 Å². The third-order valence-corrected chi connectivity index (χ3v) is 3.08. The molecule has 0 aromatic heterocycles. The third-order valence-electron chi connectivity index (χ3n) is 3.08. The molecule has 0 heterocycles. The number of rotatable bonds is 6. The number of hydrogen-bond donors (Lipinski definition) is 4. The normalized spacial score (nSPS) is 9.90. The molecule has 0 aliphatic heterocycles. The maximum absolute atomic E-state index is 11.7. The summed E-state index contributed by atoms with van der Waals surface area (Å²) >= 11 is 0. The molecule has 0 saturated carbocycles. The van der Waals surface area contributed by atoms with Crippen LogP contribution in [0.3, 0.4) is 0 Å². The molecule has 0 bridgehead atoms. The Bertz CT molecular complexity index is 500. The van der Waals surface area contributed by atoms with Gasteiger partial charge in [-0.2, -0.15) is 0 Å². The molecule has 0 atom stereocenters. The van der Waals surface area contributed by atoms with Gasteiger partial charge in [-0.25, -0.2) is 10.6 Å². The summed E-state index contributed by atoms with van der Waals surface area (Å²) in [6.07, 6.45) is 0. The van der Waals surface area contributed by atoms with E-state index in [9.17, 15) is 9.59 Å². The standard InChI is InChI=1S/C14H23N5O2/c1-4-16-14(21)17-11-8-7-10(13(20)18-15)9-12(11)19(5-2)6-3/h7-9H,4-6,15H2,1-3H3,(H,18,20)(H2,16,17,21). The second-order valence-electron chi connectivity index (χ2n) is 4.36. The van der Waals surface area contributed by atoms with Crippen molar-refractivity contribution in [3.8, 4) is 0 Å². The van der Waals surface area contributed by atoms with Crippen molar-refractivity contribution in [2.24, 2.45) is 5.84 Å². The van der Waals surface area contributed by atoms with Crippen molar-refractivity contribution < 1.29 is 9.59 Å². The fourth-order valence-electron chi connectivity index (χ4n) is 2.01. The lowest BCUT2D eigenvalue weighted by Gasteiger charge is -2.25. The molecule has 0 fully saturated rings. The van der Waals surface area contributed by atoms with E-state index in [0.717, 1.165) is 18.8 Å². The molecule has 1 rings (SSSR count). The monoisotopic (exact) mass is 293 g/mol. The lowest BCUT2D eigenvalue weighted by atomic mass is 10.1. The Balaban J connectivity index is 3.16. The first-order chi connectivity index (χ1) is 10.1. The van der Waals surface area contributed by atoms with Crippen LogP contribution in [0.5, 0.6) is 0 Å². The van der Waals surface area contributed by atoms with Crippen molar-refractivity contribution in [1.82, 2.24) is 10.7 Å². The molecular formula is C14H23N5O2. The van der Waals surface area contributed by atoms with Gasteiger partial charge in [0.05, 0.1) is 11.4 Å². The number of nitrogen functional groups attached to an aromatic ring is 1. The fourth-order valence-corrected chi connectivity index (χ4v) is 2.01. The Hall–Kier alpha value is -2.28. The third kappa shape index (κ3) is 4.35. The summed E-state index contributed by atoms with van der Waals surface area (Å²) in [7, 11) is 0. The van der Waals surface area contributed by atoms with Crippen molar-refractivity contribution in [1.29, 1.82) is 0 Å². The molecular weight excluding hydrogens is 270 g/mol. The van der Waals surface area contributed by atoms with E-state index in [2.05, 4.69) is 21.0 Å². The van der Waals surface area contributed by atoms with Gasteiger partial charge >= 0.3 is 6.03 Å². The van der Waals surface area contributed by atoms with E-state index in [-0.39, 0.29) is 11.9 Å². The summed E-state index contributed by atoms with van der Waals surface area (Å²) in [5.41, 5.74) is 3.99. The van der Waals surface area contributed by atoms with Crippen LogP contribution in [0.2, 0.25) is 0 Å². The van der Waals surface area contributed by atoms with E-state index in [4.69, 9.17) is 5.84 Å². The first-order valence-electron chi connectivity index (χ1n) is 7.02. The summed E-state index contributed by atoms with van der Waals surface area (Å²) in [5, 5.41) is 5.47. The van der Waals surface area contributed by atoms with Gasteiger partial charge < -0.3 is 15.5 Å². The van der Waals surface area contributed by atoms with Crippen LogP contribution < -0.4 is 26.8 Å². The quantitative estimate of drug-likeness (QED) is 0.360. The van der Waals surface area contributed by atoms with Gasteiger partial charge in [0, 0.05) is 25.2 Å². The lowest BCUT2D eigenvalue weighted by Crippen LogP contribution is -2.32. The van der Waals surface area contributed by atoms with Crippen molar-refractivity contribution in [2.75, 3.05) is 29.9 Å². The van der Waals surface area contributed by atoms with Gasteiger partial charge in [-0.15, -0.1) is 0 Å². The minimum atomic E-state index is -0.368. The molecule has 0 aliphatic rings. The molecule has 0 aliphatic carbocycles. The Kier molecular flexibility index (Phi) is 6.48. The zero-order valence-corrected chi connectivity index (χ0v) is 12.7. The van der Waals surface area contributed by atoms with Crippen molar-refractivity contribution in [3.63, 3.8) is 0 Å². The highest BCUT2D eigenvalue weighted by atomic mass is 16.2. The maximum atomic E-state index is 11.7. The van der Waals surface area contributed by atoms with Gasteiger partial charge in [0.1, 0.15) is 0 Å². The van der Waals surface area contributed by atoms with Gasteiger partial charge in [-0.05, 0) is 39.0 Å². The van der Waals surface area contributed by atoms with Crippen LogP contribution in [0.1, 0.15) is 31.1 Å². The number of anilines is 2. The predicted molar refractivity (Wildman–Crippen MR) is 84.4 cm³/mol. The van der Waals surface area contributed by atoms with Gasteiger partial charge in [0.2, 0.25) is 0 Å². The molecule has 5 N–H and O–H groups in total. The second-order valence-corrected chi connectivity index (χ2v) is 4.36. The highest BCUT2D eigenvalue weighted by molar-refractivity contribution is 5.98. The molecule has 0 saturated heterocycles. The number of nitrogens with two attached hydrogens (primary N) is 1. The average Bonchev–Trinajstić information content (AvgIpc) is 2.49. The number of nitrogens with zero attached hydrogens (tertiary/aromatic N) is 1. The van der Waals surface area contributed by atoms with Crippen molar-refractivity contribution in [3.05, 3.63) is 23.8 Å². The number of hydrazine groups is 1. The predicted octanol–water partition coefficient (Wildman–Crippen LogP) is 1.28. The smallest absolute Gasteiger partial charge is 0.319 e. The molecule has 1 aromatic rings. The number of carbonyl (C=O) groups excluding carboxylic acids is 2. The van der Waals surface area contributed by atoms with Crippen LogP contribution in [-0.2, 0) is 0 Å². The molecule has 21 heavy (non-hydrogen) atoms. The minimum absolute atomic E-state index is 0.276. The molecule has 0 radical (unpaired) electrons. The summed E-state index contributed by atoms with van der Waals surface area (Å²) in [4.78, 5) is 25.4. The van der Waals surface area contributed by atoms with Crippen LogP contribution in [0.4, 0.5) is 16.2 Å². The van der Waals surface area contributed by atoms with Gasteiger partial charge in [-0.1, -0.05) is 0 Å². The molecule has 7 nitrogen and oxygen atoms in total. The lowest BCUT2D eigenvalue weighted by molar-refractivity contribution is 0.0953. The molecule has 0 spiro atoms. The van der Waals surface area contributed by atoms with Crippen LogP contribution in [0, 0.1) is 0 Å². The average molecular weight is 293 g/mol. The van der Waals surface area contributed by atoms with E-state index in [1.165, 1.54) is 0 Å². The molecule has 116 valence electrons. The first-order valence-corrected chi connectivity index (χ1v) is 7.02. The van der Waals surface area contributed by atoms with E-state index >= 15 is 0 Å². The summed E-state index contributed by atoms with van der Waals surface area (Å²) < 4.78 is 0. The zero-order chi connectivity index (χ0) is 15.8. The second kappa shape index (κ2) is 8.11. The SMILES string of the molecule is CCNC(=O)Nc1ccc(C(=O)NN)cc1N(CC)CC. The van der Waals surface area contributed by atoms with E-state index in [0.29, 0.717) is 17.8 Å². The molecule has 3 amide bonds. The number of carbonyl (C=O) groups is 2. The number of hydrogen-bond acceptors (Lipinski definition) is 4. The minimum Gasteiger partial charge on any atom is -0.370 e. The van der Waals surface area contributed by atoms with Gasteiger partial charge in [0.15, 0.2) is 0 Å². The van der Waals surface area contributed by atoms with Crippen LogP contribution in [-0.4, -0.2) is 31.6 Å². The summed E-state index contributed by atoms with van der Waals surface area (Å²) in [5.74, 6) is 4.79. The maximum Gasteiger partial charge on any atom is 0.319 e. The summed E-state index contributed by atoms with van der Waals surface area (Å²) in [6.45, 7) is 7.92. The number of benzene rings is 1. The van der Waals surface area contributed by atoms with Gasteiger partial charge in [0.25, 0.3) is 5.91 Å². The van der Waals surface area contributed by atoms with Crippen LogP contribution >= 0.6 is 0 Å². The summed E-state index contributed by atoms with van der Waals surface area (Å²) in [6, 6.07) is 4.77. The Morgan fingerprint density at radius 1 is 1.19 bits per heavy atom. The number of nitrogens with one attached hydrogen (secondary N) is 3. The largest absolute Gasteiger partial charge is 0.370 e. The van der Waals surface area contributed by atoms with Crippen LogP contribution in [0.25, 0.3) is 0 Å².